The van der Waals surface area contributed by atoms with Crippen molar-refractivity contribution in [1.29, 1.82) is 0 Å². The van der Waals surface area contributed by atoms with Gasteiger partial charge in [0, 0.05) is 32.4 Å². The van der Waals surface area contributed by atoms with Gasteiger partial charge in [0.05, 0.1) is 0 Å². The lowest BCUT2D eigenvalue weighted by Crippen LogP contribution is -2.32. The van der Waals surface area contributed by atoms with Gasteiger partial charge >= 0.3 is 0 Å². The SMILES string of the molecule is CCCCN(CCCC(=O)CC)C(=O)CC. The molecule has 94 valence electrons. The normalized spacial score (nSPS) is 10.2. The molecule has 0 aliphatic carbocycles. The average molecular weight is 227 g/mol. The van der Waals surface area contributed by atoms with Gasteiger partial charge in [0.2, 0.25) is 5.91 Å². The minimum Gasteiger partial charge on any atom is -0.343 e. The van der Waals surface area contributed by atoms with Gasteiger partial charge in [-0.25, -0.2) is 0 Å². The largest absolute Gasteiger partial charge is 0.343 e. The summed E-state index contributed by atoms with van der Waals surface area (Å²) >= 11 is 0. The van der Waals surface area contributed by atoms with Crippen LogP contribution in [0.25, 0.3) is 0 Å². The lowest BCUT2D eigenvalue weighted by atomic mass is 10.1. The van der Waals surface area contributed by atoms with Gasteiger partial charge in [0.25, 0.3) is 0 Å². The first-order valence-electron chi connectivity index (χ1n) is 6.45. The molecule has 0 aromatic carbocycles. The minimum absolute atomic E-state index is 0.206. The zero-order valence-electron chi connectivity index (χ0n) is 10.9. The molecule has 0 aromatic rings. The van der Waals surface area contributed by atoms with Crippen LogP contribution >= 0.6 is 0 Å². The van der Waals surface area contributed by atoms with Crippen LogP contribution in [0.15, 0.2) is 0 Å². The van der Waals surface area contributed by atoms with Crippen molar-refractivity contribution in [3.63, 3.8) is 0 Å². The van der Waals surface area contributed by atoms with Gasteiger partial charge < -0.3 is 4.90 Å². The van der Waals surface area contributed by atoms with Crippen molar-refractivity contribution in [2.24, 2.45) is 0 Å². The number of carbonyl (C=O) groups is 2. The third-order valence-electron chi connectivity index (χ3n) is 2.71. The Bertz CT molecular complexity index is 214. The van der Waals surface area contributed by atoms with E-state index in [0.717, 1.165) is 32.4 Å². The summed E-state index contributed by atoms with van der Waals surface area (Å²) in [6.07, 6.45) is 4.73. The Morgan fingerprint density at radius 3 is 2.06 bits per heavy atom. The van der Waals surface area contributed by atoms with Crippen LogP contribution in [0, 0.1) is 0 Å². The van der Waals surface area contributed by atoms with E-state index in [-0.39, 0.29) is 5.91 Å². The Balaban J connectivity index is 3.91. The fourth-order valence-electron chi connectivity index (χ4n) is 1.58. The van der Waals surface area contributed by atoms with E-state index in [1.165, 1.54) is 0 Å². The molecule has 3 heteroatoms. The van der Waals surface area contributed by atoms with E-state index in [4.69, 9.17) is 0 Å². The monoisotopic (exact) mass is 227 g/mol. The minimum atomic E-state index is 0.206. The summed E-state index contributed by atoms with van der Waals surface area (Å²) in [6, 6.07) is 0. The lowest BCUT2D eigenvalue weighted by molar-refractivity contribution is -0.131. The van der Waals surface area contributed by atoms with E-state index in [1.54, 1.807) is 0 Å². The molecule has 0 saturated heterocycles. The smallest absolute Gasteiger partial charge is 0.222 e. The number of ketones is 1. The van der Waals surface area contributed by atoms with E-state index < -0.39 is 0 Å². The van der Waals surface area contributed by atoms with Crippen molar-refractivity contribution in [1.82, 2.24) is 4.90 Å². The zero-order valence-corrected chi connectivity index (χ0v) is 10.9. The Hall–Kier alpha value is -0.860. The Morgan fingerprint density at radius 2 is 1.56 bits per heavy atom. The molecule has 0 spiro atoms. The van der Waals surface area contributed by atoms with Crippen LogP contribution in [-0.4, -0.2) is 29.7 Å². The summed E-state index contributed by atoms with van der Waals surface area (Å²) in [5, 5.41) is 0. The quantitative estimate of drug-likeness (QED) is 0.607. The molecule has 0 radical (unpaired) electrons. The molecule has 0 rings (SSSR count). The second-order valence-electron chi connectivity index (χ2n) is 4.08. The molecular formula is C13H25NO2. The highest BCUT2D eigenvalue weighted by Gasteiger charge is 2.10. The topological polar surface area (TPSA) is 37.4 Å². The van der Waals surface area contributed by atoms with Gasteiger partial charge in [-0.1, -0.05) is 27.2 Å². The van der Waals surface area contributed by atoms with Crippen LogP contribution < -0.4 is 0 Å². The highest BCUT2D eigenvalue weighted by Crippen LogP contribution is 2.03. The average Bonchev–Trinajstić information content (AvgIpc) is 2.32. The maximum absolute atomic E-state index is 11.6. The van der Waals surface area contributed by atoms with Crippen molar-refractivity contribution in [2.75, 3.05) is 13.1 Å². The van der Waals surface area contributed by atoms with Gasteiger partial charge in [0.1, 0.15) is 5.78 Å². The fourth-order valence-corrected chi connectivity index (χ4v) is 1.58. The molecule has 0 aliphatic heterocycles. The summed E-state index contributed by atoms with van der Waals surface area (Å²) in [6.45, 7) is 7.46. The van der Waals surface area contributed by atoms with Crippen LogP contribution in [0.3, 0.4) is 0 Å². The van der Waals surface area contributed by atoms with Gasteiger partial charge in [-0.3, -0.25) is 9.59 Å². The molecule has 0 atom stereocenters. The molecule has 0 aliphatic rings. The molecule has 1 amide bonds. The standard InChI is InChI=1S/C13H25NO2/c1-4-7-10-14(13(16)6-3)11-8-9-12(15)5-2/h4-11H2,1-3H3. The van der Waals surface area contributed by atoms with Crippen molar-refractivity contribution >= 4 is 11.7 Å². The molecular weight excluding hydrogens is 202 g/mol. The van der Waals surface area contributed by atoms with Crippen LogP contribution in [0.5, 0.6) is 0 Å². The highest BCUT2D eigenvalue weighted by atomic mass is 16.2. The number of carbonyl (C=O) groups excluding carboxylic acids is 2. The van der Waals surface area contributed by atoms with Crippen molar-refractivity contribution in [3.8, 4) is 0 Å². The number of hydrogen-bond donors (Lipinski definition) is 0. The number of nitrogens with zero attached hydrogens (tertiary/aromatic N) is 1. The van der Waals surface area contributed by atoms with E-state index >= 15 is 0 Å². The molecule has 0 bridgehead atoms. The van der Waals surface area contributed by atoms with Gasteiger partial charge in [-0.05, 0) is 12.8 Å². The highest BCUT2D eigenvalue weighted by molar-refractivity contribution is 5.78. The molecule has 16 heavy (non-hydrogen) atoms. The Labute approximate surface area is 99.2 Å². The first kappa shape index (κ1) is 15.1. The van der Waals surface area contributed by atoms with Crippen LogP contribution in [0.2, 0.25) is 0 Å². The molecule has 0 fully saturated rings. The Kier molecular flexibility index (Phi) is 8.87. The second-order valence-corrected chi connectivity index (χ2v) is 4.08. The van der Waals surface area contributed by atoms with E-state index in [1.807, 2.05) is 18.7 Å². The van der Waals surface area contributed by atoms with Crippen LogP contribution in [0.4, 0.5) is 0 Å². The molecule has 0 heterocycles. The summed E-state index contributed by atoms with van der Waals surface area (Å²) in [5.41, 5.74) is 0. The van der Waals surface area contributed by atoms with E-state index in [2.05, 4.69) is 6.92 Å². The van der Waals surface area contributed by atoms with Crippen LogP contribution in [-0.2, 0) is 9.59 Å². The predicted molar refractivity (Wildman–Crippen MR) is 66.3 cm³/mol. The lowest BCUT2D eigenvalue weighted by Gasteiger charge is -2.21. The van der Waals surface area contributed by atoms with E-state index in [9.17, 15) is 9.59 Å². The van der Waals surface area contributed by atoms with Crippen molar-refractivity contribution in [3.05, 3.63) is 0 Å². The van der Waals surface area contributed by atoms with Gasteiger partial charge in [-0.15, -0.1) is 0 Å². The first-order valence-corrected chi connectivity index (χ1v) is 6.45. The van der Waals surface area contributed by atoms with Crippen molar-refractivity contribution < 1.29 is 9.59 Å². The maximum atomic E-state index is 11.6. The zero-order chi connectivity index (χ0) is 12.4. The fraction of sp³-hybridized carbons (Fsp3) is 0.846. The van der Waals surface area contributed by atoms with Crippen molar-refractivity contribution in [2.45, 2.75) is 59.3 Å². The van der Waals surface area contributed by atoms with Gasteiger partial charge in [0.15, 0.2) is 0 Å². The van der Waals surface area contributed by atoms with Gasteiger partial charge in [-0.2, -0.15) is 0 Å². The molecule has 0 saturated carbocycles. The summed E-state index contributed by atoms with van der Waals surface area (Å²) in [4.78, 5) is 24.6. The Morgan fingerprint density at radius 1 is 0.938 bits per heavy atom. The number of unbranched alkanes of at least 4 members (excludes halogenated alkanes) is 1. The number of Topliss-reactive ketones (excluding diaryl/α,β-unsaturated/α-hetero) is 1. The van der Waals surface area contributed by atoms with E-state index in [0.29, 0.717) is 25.0 Å². The third kappa shape index (κ3) is 6.59. The first-order chi connectivity index (χ1) is 7.65. The molecule has 0 unspecified atom stereocenters. The third-order valence-corrected chi connectivity index (χ3v) is 2.71. The summed E-state index contributed by atoms with van der Waals surface area (Å²) in [5.74, 6) is 0.497. The number of amides is 1. The molecule has 0 N–H and O–H groups in total. The number of hydrogen-bond acceptors (Lipinski definition) is 2. The molecule has 0 aromatic heterocycles. The summed E-state index contributed by atoms with van der Waals surface area (Å²) < 4.78 is 0. The molecule has 3 nitrogen and oxygen atoms in total. The second kappa shape index (κ2) is 9.37. The van der Waals surface area contributed by atoms with Crippen LogP contribution in [0.1, 0.15) is 59.3 Å². The summed E-state index contributed by atoms with van der Waals surface area (Å²) in [7, 11) is 0. The maximum Gasteiger partial charge on any atom is 0.222 e. The predicted octanol–water partition coefficient (Wildman–Crippen LogP) is 2.78. The number of rotatable bonds is 9.